The Balaban J connectivity index is 1.89. The fourth-order valence-electron chi connectivity index (χ4n) is 2.11. The number of aromatic nitrogens is 1. The number of nitrogens with zero attached hydrogens (tertiary/aromatic N) is 2. The Morgan fingerprint density at radius 1 is 0.947 bits per heavy atom. The summed E-state index contributed by atoms with van der Waals surface area (Å²) in [6.07, 6.45) is 2.89. The zero-order valence-electron chi connectivity index (χ0n) is 11.2. The Bertz CT molecular complexity index is 456. The number of pyridine rings is 1. The molecule has 1 heterocycles. The van der Waals surface area contributed by atoms with Gasteiger partial charge < -0.3 is 5.73 Å². The Labute approximate surface area is 115 Å². The minimum Gasteiger partial charge on any atom is -0.329 e. The van der Waals surface area contributed by atoms with Crippen LogP contribution in [0, 0.1) is 0 Å². The van der Waals surface area contributed by atoms with Gasteiger partial charge in [-0.3, -0.25) is 9.88 Å². The molecule has 0 saturated heterocycles. The molecule has 2 aromatic rings. The van der Waals surface area contributed by atoms with E-state index in [1.807, 2.05) is 18.3 Å². The molecule has 2 rings (SSSR count). The largest absolute Gasteiger partial charge is 0.329 e. The van der Waals surface area contributed by atoms with Gasteiger partial charge in [-0.05, 0) is 24.1 Å². The van der Waals surface area contributed by atoms with Crippen LogP contribution in [0.5, 0.6) is 0 Å². The zero-order valence-corrected chi connectivity index (χ0v) is 11.2. The van der Waals surface area contributed by atoms with Crippen molar-refractivity contribution in [3.05, 3.63) is 66.0 Å². The molecular weight excluding hydrogens is 234 g/mol. The Hall–Kier alpha value is -1.71. The van der Waals surface area contributed by atoms with Gasteiger partial charge in [-0.1, -0.05) is 36.4 Å². The summed E-state index contributed by atoms with van der Waals surface area (Å²) in [6.45, 7) is 3.47. The van der Waals surface area contributed by atoms with Crippen LogP contribution >= 0.6 is 0 Å². The minimum absolute atomic E-state index is 0.682. The van der Waals surface area contributed by atoms with E-state index in [2.05, 4.69) is 46.3 Å². The van der Waals surface area contributed by atoms with Gasteiger partial charge in [-0.2, -0.15) is 0 Å². The van der Waals surface area contributed by atoms with Gasteiger partial charge in [-0.15, -0.1) is 0 Å². The molecule has 0 aliphatic heterocycles. The molecule has 0 amide bonds. The molecule has 1 aromatic heterocycles. The Morgan fingerprint density at radius 2 is 1.74 bits per heavy atom. The van der Waals surface area contributed by atoms with Crippen molar-refractivity contribution in [2.24, 2.45) is 5.73 Å². The fraction of sp³-hybridized carbons (Fsp3) is 0.312. The summed E-state index contributed by atoms with van der Waals surface area (Å²) >= 11 is 0. The highest BCUT2D eigenvalue weighted by Crippen LogP contribution is 2.05. The van der Waals surface area contributed by atoms with E-state index in [0.717, 1.165) is 31.7 Å². The molecule has 0 saturated carbocycles. The normalized spacial score (nSPS) is 10.8. The third-order valence-electron chi connectivity index (χ3n) is 3.12. The molecule has 100 valence electrons. The van der Waals surface area contributed by atoms with Gasteiger partial charge in [0.2, 0.25) is 0 Å². The zero-order chi connectivity index (χ0) is 13.3. The first-order valence-corrected chi connectivity index (χ1v) is 6.75. The van der Waals surface area contributed by atoms with Crippen LogP contribution < -0.4 is 5.73 Å². The molecule has 3 heteroatoms. The van der Waals surface area contributed by atoms with E-state index < -0.39 is 0 Å². The SMILES string of the molecule is NCCN(CCc1ccccc1)Cc1ccccn1. The first-order valence-electron chi connectivity index (χ1n) is 6.75. The molecule has 0 atom stereocenters. The van der Waals surface area contributed by atoms with Gasteiger partial charge in [0.25, 0.3) is 0 Å². The van der Waals surface area contributed by atoms with E-state index in [-0.39, 0.29) is 0 Å². The van der Waals surface area contributed by atoms with Crippen molar-refractivity contribution in [2.75, 3.05) is 19.6 Å². The topological polar surface area (TPSA) is 42.1 Å². The lowest BCUT2D eigenvalue weighted by atomic mass is 10.1. The average molecular weight is 255 g/mol. The number of benzene rings is 1. The Kier molecular flexibility index (Phi) is 5.53. The third-order valence-corrected chi connectivity index (χ3v) is 3.12. The predicted octanol–water partition coefficient (Wildman–Crippen LogP) is 2.08. The molecule has 0 aliphatic carbocycles. The maximum absolute atomic E-state index is 5.69. The van der Waals surface area contributed by atoms with Crippen LogP contribution in [0.25, 0.3) is 0 Å². The van der Waals surface area contributed by atoms with E-state index in [1.165, 1.54) is 5.56 Å². The lowest BCUT2D eigenvalue weighted by molar-refractivity contribution is 0.273. The van der Waals surface area contributed by atoms with Crippen LogP contribution in [0.2, 0.25) is 0 Å². The number of hydrogen-bond donors (Lipinski definition) is 1. The summed E-state index contributed by atoms with van der Waals surface area (Å²) in [5.74, 6) is 0. The van der Waals surface area contributed by atoms with Crippen LogP contribution in [0.15, 0.2) is 54.7 Å². The standard InChI is InChI=1S/C16H21N3/c17-10-13-19(14-16-8-4-5-11-18-16)12-9-15-6-2-1-3-7-15/h1-8,11H,9-10,12-14,17H2. The second-order valence-electron chi connectivity index (χ2n) is 4.62. The van der Waals surface area contributed by atoms with Gasteiger partial charge >= 0.3 is 0 Å². The van der Waals surface area contributed by atoms with Crippen LogP contribution in [-0.4, -0.2) is 29.5 Å². The second-order valence-corrected chi connectivity index (χ2v) is 4.62. The Morgan fingerprint density at radius 3 is 2.42 bits per heavy atom. The summed E-state index contributed by atoms with van der Waals surface area (Å²) in [5, 5.41) is 0. The van der Waals surface area contributed by atoms with Crippen molar-refractivity contribution in [2.45, 2.75) is 13.0 Å². The monoisotopic (exact) mass is 255 g/mol. The molecule has 0 spiro atoms. The quantitative estimate of drug-likeness (QED) is 0.823. The van der Waals surface area contributed by atoms with Crippen LogP contribution in [0.3, 0.4) is 0 Å². The van der Waals surface area contributed by atoms with E-state index in [0.29, 0.717) is 6.54 Å². The maximum Gasteiger partial charge on any atom is 0.0543 e. The molecule has 19 heavy (non-hydrogen) atoms. The van der Waals surface area contributed by atoms with Crippen molar-refractivity contribution < 1.29 is 0 Å². The van der Waals surface area contributed by atoms with Crippen LogP contribution in [0.4, 0.5) is 0 Å². The molecule has 0 bridgehead atoms. The summed E-state index contributed by atoms with van der Waals surface area (Å²) in [5.41, 5.74) is 8.16. The van der Waals surface area contributed by atoms with E-state index in [9.17, 15) is 0 Å². The highest BCUT2D eigenvalue weighted by atomic mass is 15.1. The maximum atomic E-state index is 5.69. The fourth-order valence-corrected chi connectivity index (χ4v) is 2.11. The van der Waals surface area contributed by atoms with Gasteiger partial charge in [0.15, 0.2) is 0 Å². The first-order chi connectivity index (χ1) is 9.38. The molecule has 0 aliphatic rings. The minimum atomic E-state index is 0.682. The van der Waals surface area contributed by atoms with Crippen LogP contribution in [-0.2, 0) is 13.0 Å². The third kappa shape index (κ3) is 4.81. The lowest BCUT2D eigenvalue weighted by Gasteiger charge is -2.21. The highest BCUT2D eigenvalue weighted by Gasteiger charge is 2.06. The van der Waals surface area contributed by atoms with E-state index >= 15 is 0 Å². The van der Waals surface area contributed by atoms with Crippen LogP contribution in [0.1, 0.15) is 11.3 Å². The van der Waals surface area contributed by atoms with Gasteiger partial charge in [0.05, 0.1) is 5.69 Å². The molecule has 2 N–H and O–H groups in total. The molecular formula is C16H21N3. The van der Waals surface area contributed by atoms with Crippen molar-refractivity contribution in [1.29, 1.82) is 0 Å². The molecule has 0 unspecified atom stereocenters. The first kappa shape index (κ1) is 13.7. The van der Waals surface area contributed by atoms with Gasteiger partial charge in [0, 0.05) is 32.4 Å². The summed E-state index contributed by atoms with van der Waals surface area (Å²) in [4.78, 5) is 6.73. The molecule has 0 radical (unpaired) electrons. The lowest BCUT2D eigenvalue weighted by Crippen LogP contribution is -2.31. The summed E-state index contributed by atoms with van der Waals surface area (Å²) in [7, 11) is 0. The molecule has 3 nitrogen and oxygen atoms in total. The number of nitrogens with two attached hydrogens (primary N) is 1. The molecule has 1 aromatic carbocycles. The van der Waals surface area contributed by atoms with Crippen molar-refractivity contribution in [1.82, 2.24) is 9.88 Å². The second kappa shape index (κ2) is 7.67. The summed E-state index contributed by atoms with van der Waals surface area (Å²) in [6, 6.07) is 16.6. The molecule has 0 fully saturated rings. The van der Waals surface area contributed by atoms with E-state index in [4.69, 9.17) is 5.73 Å². The highest BCUT2D eigenvalue weighted by molar-refractivity contribution is 5.15. The van der Waals surface area contributed by atoms with Gasteiger partial charge in [0.1, 0.15) is 0 Å². The summed E-state index contributed by atoms with van der Waals surface area (Å²) < 4.78 is 0. The van der Waals surface area contributed by atoms with Gasteiger partial charge in [-0.25, -0.2) is 0 Å². The predicted molar refractivity (Wildman–Crippen MR) is 78.7 cm³/mol. The smallest absolute Gasteiger partial charge is 0.0543 e. The van der Waals surface area contributed by atoms with Crippen molar-refractivity contribution >= 4 is 0 Å². The van der Waals surface area contributed by atoms with Crippen molar-refractivity contribution in [3.63, 3.8) is 0 Å². The number of rotatable bonds is 7. The average Bonchev–Trinajstić information content (AvgIpc) is 2.47. The number of hydrogen-bond acceptors (Lipinski definition) is 3. The van der Waals surface area contributed by atoms with Crippen molar-refractivity contribution in [3.8, 4) is 0 Å². The van der Waals surface area contributed by atoms with E-state index in [1.54, 1.807) is 0 Å².